The monoisotopic (exact) mass is 290 g/mol. The third-order valence-corrected chi connectivity index (χ3v) is 4.21. The zero-order chi connectivity index (χ0) is 14.3. The molecule has 1 aliphatic heterocycles. The Balaban J connectivity index is 2.03. The average Bonchev–Trinajstić information content (AvgIpc) is 2.80. The number of aryl methyl sites for hydroxylation is 1. The highest BCUT2D eigenvalue weighted by Crippen LogP contribution is 2.33. The number of rotatable bonds is 2. The van der Waals surface area contributed by atoms with Crippen molar-refractivity contribution in [1.82, 2.24) is 9.97 Å². The molecule has 1 aromatic carbocycles. The van der Waals surface area contributed by atoms with Gasteiger partial charge in [-0.15, -0.1) is 0 Å². The van der Waals surface area contributed by atoms with E-state index >= 15 is 0 Å². The molecule has 2 heterocycles. The number of primary sulfonamides is 1. The minimum Gasteiger partial charge on any atom is -0.310 e. The number of benzene rings is 1. The molecule has 104 valence electrons. The summed E-state index contributed by atoms with van der Waals surface area (Å²) in [5, 5.41) is 5.15. The molecule has 0 unspecified atom stereocenters. The van der Waals surface area contributed by atoms with Crippen molar-refractivity contribution in [3.63, 3.8) is 0 Å². The Morgan fingerprint density at radius 1 is 1.30 bits per heavy atom. The van der Waals surface area contributed by atoms with Gasteiger partial charge in [-0.1, -0.05) is 0 Å². The van der Waals surface area contributed by atoms with Gasteiger partial charge in [0.15, 0.2) is 0 Å². The van der Waals surface area contributed by atoms with Gasteiger partial charge in [-0.3, -0.25) is 0 Å². The average molecular weight is 290 g/mol. The first-order valence-electron chi connectivity index (χ1n) is 6.18. The molecule has 0 fully saturated rings. The first-order valence-corrected chi connectivity index (χ1v) is 7.73. The van der Waals surface area contributed by atoms with E-state index in [1.165, 1.54) is 6.07 Å². The van der Waals surface area contributed by atoms with Crippen LogP contribution in [0.3, 0.4) is 0 Å². The van der Waals surface area contributed by atoms with Crippen LogP contribution in [0, 0.1) is 6.92 Å². The number of hydrogen-bond donors (Lipinski definition) is 1. The van der Waals surface area contributed by atoms with Crippen molar-refractivity contribution in [3.8, 4) is 0 Å². The van der Waals surface area contributed by atoms with Gasteiger partial charge < -0.3 is 4.90 Å². The molecule has 0 bridgehead atoms. The summed E-state index contributed by atoms with van der Waals surface area (Å²) in [6.07, 6.45) is 2.46. The number of nitrogens with zero attached hydrogens (tertiary/aromatic N) is 3. The van der Waals surface area contributed by atoms with Gasteiger partial charge in [-0.05, 0) is 43.2 Å². The molecule has 1 aliphatic rings. The SMILES string of the molecule is Cc1ccnc(N2CCc3cc(S(N)(=O)=O)ccc32)n1. The first kappa shape index (κ1) is 13.0. The fourth-order valence-electron chi connectivity index (χ4n) is 2.33. The minimum atomic E-state index is -3.66. The van der Waals surface area contributed by atoms with E-state index in [2.05, 4.69) is 9.97 Å². The maximum atomic E-state index is 11.4. The minimum absolute atomic E-state index is 0.142. The summed E-state index contributed by atoms with van der Waals surface area (Å²) in [5.74, 6) is 0.632. The molecule has 3 rings (SSSR count). The van der Waals surface area contributed by atoms with Crippen LogP contribution in [0.4, 0.5) is 11.6 Å². The van der Waals surface area contributed by atoms with Crippen LogP contribution in [0.25, 0.3) is 0 Å². The van der Waals surface area contributed by atoms with Crippen LogP contribution in [-0.2, 0) is 16.4 Å². The summed E-state index contributed by atoms with van der Waals surface area (Å²) >= 11 is 0. The summed E-state index contributed by atoms with van der Waals surface area (Å²) in [6, 6.07) is 6.74. The van der Waals surface area contributed by atoms with E-state index in [-0.39, 0.29) is 4.90 Å². The molecular formula is C13H14N4O2S. The van der Waals surface area contributed by atoms with Gasteiger partial charge in [0.25, 0.3) is 0 Å². The lowest BCUT2D eigenvalue weighted by Gasteiger charge is -2.17. The highest BCUT2D eigenvalue weighted by atomic mass is 32.2. The van der Waals surface area contributed by atoms with Crippen LogP contribution in [-0.4, -0.2) is 24.9 Å². The van der Waals surface area contributed by atoms with E-state index in [0.717, 1.165) is 29.9 Å². The zero-order valence-corrected chi connectivity index (χ0v) is 11.8. The van der Waals surface area contributed by atoms with Crippen molar-refractivity contribution < 1.29 is 8.42 Å². The molecular weight excluding hydrogens is 276 g/mol. The Labute approximate surface area is 117 Å². The Kier molecular flexibility index (Phi) is 2.95. The quantitative estimate of drug-likeness (QED) is 0.895. The van der Waals surface area contributed by atoms with Crippen LogP contribution < -0.4 is 10.0 Å². The third kappa shape index (κ3) is 2.25. The molecule has 20 heavy (non-hydrogen) atoms. The number of anilines is 2. The smallest absolute Gasteiger partial charge is 0.238 e. The molecule has 1 aromatic heterocycles. The largest absolute Gasteiger partial charge is 0.310 e. The molecule has 0 saturated carbocycles. The predicted octanol–water partition coefficient (Wildman–Crippen LogP) is 1.13. The molecule has 0 spiro atoms. The van der Waals surface area contributed by atoms with Crippen LogP contribution in [0.2, 0.25) is 0 Å². The van der Waals surface area contributed by atoms with Crippen molar-refractivity contribution in [1.29, 1.82) is 0 Å². The number of nitrogens with two attached hydrogens (primary N) is 1. The second-order valence-corrected chi connectivity index (χ2v) is 6.30. The van der Waals surface area contributed by atoms with Crippen molar-refractivity contribution in [2.75, 3.05) is 11.4 Å². The Morgan fingerprint density at radius 3 is 2.80 bits per heavy atom. The Bertz CT molecular complexity index is 774. The molecule has 0 amide bonds. The highest BCUT2D eigenvalue weighted by Gasteiger charge is 2.24. The normalized spacial score (nSPS) is 14.4. The third-order valence-electron chi connectivity index (χ3n) is 3.30. The van der Waals surface area contributed by atoms with Gasteiger partial charge in [0.1, 0.15) is 0 Å². The maximum absolute atomic E-state index is 11.4. The summed E-state index contributed by atoms with van der Waals surface area (Å²) < 4.78 is 22.7. The second kappa shape index (κ2) is 4.53. The van der Waals surface area contributed by atoms with E-state index in [1.54, 1.807) is 18.3 Å². The molecule has 0 radical (unpaired) electrons. The topological polar surface area (TPSA) is 89.2 Å². The lowest BCUT2D eigenvalue weighted by Crippen LogP contribution is -2.16. The van der Waals surface area contributed by atoms with Gasteiger partial charge in [-0.25, -0.2) is 23.5 Å². The van der Waals surface area contributed by atoms with Crippen LogP contribution in [0.5, 0.6) is 0 Å². The summed E-state index contributed by atoms with van der Waals surface area (Å²) in [6.45, 7) is 2.64. The standard InChI is InChI=1S/C13H14N4O2S/c1-9-4-6-15-13(16-9)17-7-5-10-8-11(20(14,18)19)2-3-12(10)17/h2-4,6,8H,5,7H2,1H3,(H2,14,18,19). The van der Waals surface area contributed by atoms with E-state index < -0.39 is 10.0 Å². The summed E-state index contributed by atoms with van der Waals surface area (Å²) in [4.78, 5) is 10.8. The number of fused-ring (bicyclic) bond motifs is 1. The first-order chi connectivity index (χ1) is 9.45. The molecule has 6 nitrogen and oxygen atoms in total. The summed E-state index contributed by atoms with van der Waals surface area (Å²) in [5.41, 5.74) is 2.77. The molecule has 0 saturated heterocycles. The fourth-order valence-corrected chi connectivity index (χ4v) is 2.89. The zero-order valence-electron chi connectivity index (χ0n) is 10.9. The second-order valence-electron chi connectivity index (χ2n) is 4.74. The number of sulfonamides is 1. The van der Waals surface area contributed by atoms with Crippen molar-refractivity contribution in [2.24, 2.45) is 5.14 Å². The van der Waals surface area contributed by atoms with Gasteiger partial charge in [0.2, 0.25) is 16.0 Å². The Hall–Kier alpha value is -1.99. The molecule has 2 aromatic rings. The molecule has 2 N–H and O–H groups in total. The van der Waals surface area contributed by atoms with Gasteiger partial charge in [0.05, 0.1) is 4.90 Å². The van der Waals surface area contributed by atoms with E-state index in [1.807, 2.05) is 17.9 Å². The van der Waals surface area contributed by atoms with E-state index in [4.69, 9.17) is 5.14 Å². The molecule has 7 heteroatoms. The lowest BCUT2D eigenvalue weighted by molar-refractivity contribution is 0.597. The maximum Gasteiger partial charge on any atom is 0.238 e. The predicted molar refractivity (Wildman–Crippen MR) is 75.3 cm³/mol. The van der Waals surface area contributed by atoms with Crippen LogP contribution >= 0.6 is 0 Å². The molecule has 0 atom stereocenters. The van der Waals surface area contributed by atoms with Gasteiger partial charge >= 0.3 is 0 Å². The number of hydrogen-bond acceptors (Lipinski definition) is 5. The highest BCUT2D eigenvalue weighted by molar-refractivity contribution is 7.89. The fraction of sp³-hybridized carbons (Fsp3) is 0.231. The number of aromatic nitrogens is 2. The van der Waals surface area contributed by atoms with E-state index in [0.29, 0.717) is 5.95 Å². The Morgan fingerprint density at radius 2 is 2.10 bits per heavy atom. The van der Waals surface area contributed by atoms with Crippen molar-refractivity contribution in [3.05, 3.63) is 41.7 Å². The van der Waals surface area contributed by atoms with Crippen molar-refractivity contribution in [2.45, 2.75) is 18.2 Å². The van der Waals surface area contributed by atoms with Crippen LogP contribution in [0.15, 0.2) is 35.4 Å². The lowest BCUT2D eigenvalue weighted by atomic mass is 10.2. The molecule has 0 aliphatic carbocycles. The van der Waals surface area contributed by atoms with Gasteiger partial charge in [-0.2, -0.15) is 0 Å². The summed E-state index contributed by atoms with van der Waals surface area (Å²) in [7, 11) is -3.66. The van der Waals surface area contributed by atoms with Crippen molar-refractivity contribution >= 4 is 21.7 Å². The van der Waals surface area contributed by atoms with Crippen LogP contribution in [0.1, 0.15) is 11.3 Å². The van der Waals surface area contributed by atoms with Gasteiger partial charge in [0, 0.05) is 24.1 Å². The van der Waals surface area contributed by atoms with E-state index in [9.17, 15) is 8.42 Å².